The summed E-state index contributed by atoms with van der Waals surface area (Å²) >= 11 is 1.25. The van der Waals surface area contributed by atoms with Gasteiger partial charge in [-0.1, -0.05) is 18.2 Å². The van der Waals surface area contributed by atoms with Crippen molar-refractivity contribution in [2.45, 2.75) is 0 Å². The maximum Gasteiger partial charge on any atom is 0.345 e. The van der Waals surface area contributed by atoms with Gasteiger partial charge in [-0.3, -0.25) is 0 Å². The molecule has 110 valence electrons. The van der Waals surface area contributed by atoms with Crippen molar-refractivity contribution in [1.29, 1.82) is 0 Å². The lowest BCUT2D eigenvalue weighted by Crippen LogP contribution is -2.20. The van der Waals surface area contributed by atoms with Gasteiger partial charge in [0.2, 0.25) is 0 Å². The number of hydrogen-bond donors (Lipinski definition) is 2. The summed E-state index contributed by atoms with van der Waals surface area (Å²) in [4.78, 5) is 14.0. The van der Waals surface area contributed by atoms with E-state index in [9.17, 15) is 4.79 Å². The lowest BCUT2D eigenvalue weighted by atomic mass is 10.2. The summed E-state index contributed by atoms with van der Waals surface area (Å²) in [6, 6.07) is 11.4. The highest BCUT2D eigenvalue weighted by atomic mass is 32.1. The molecule has 21 heavy (non-hydrogen) atoms. The van der Waals surface area contributed by atoms with E-state index >= 15 is 0 Å². The van der Waals surface area contributed by atoms with Crippen LogP contribution >= 0.6 is 11.3 Å². The van der Waals surface area contributed by atoms with Gasteiger partial charge in [0.1, 0.15) is 4.88 Å². The van der Waals surface area contributed by atoms with Crippen LogP contribution in [0.15, 0.2) is 36.4 Å². The molecule has 0 aliphatic heterocycles. The number of carbonyl (C=O) groups is 1. The first-order chi connectivity index (χ1) is 10.1. The summed E-state index contributed by atoms with van der Waals surface area (Å²) in [5, 5.41) is 17.8. The maximum absolute atomic E-state index is 10.8. The standard InChI is InChI=1S/C16H17NO3S/c1-17(10-11-18)13-5-2-12(3-6-13)4-7-14-8-9-15(21-14)16(19)20/h2-9,18H,10-11H2,1H3,(H,19,20). The maximum atomic E-state index is 10.8. The van der Waals surface area contributed by atoms with Crippen LogP contribution in [-0.2, 0) is 0 Å². The molecule has 1 aromatic heterocycles. The number of likely N-dealkylation sites (N-methyl/N-ethyl adjacent to an activating group) is 1. The van der Waals surface area contributed by atoms with Crippen molar-refractivity contribution in [2.75, 3.05) is 25.1 Å². The Morgan fingerprint density at radius 1 is 1.19 bits per heavy atom. The van der Waals surface area contributed by atoms with Crippen LogP contribution in [0.5, 0.6) is 0 Å². The van der Waals surface area contributed by atoms with Gasteiger partial charge in [-0.15, -0.1) is 11.3 Å². The molecule has 0 amide bonds. The SMILES string of the molecule is CN(CCO)c1ccc(C=Cc2ccc(C(=O)O)s2)cc1. The molecule has 4 nitrogen and oxygen atoms in total. The first-order valence-electron chi connectivity index (χ1n) is 6.53. The molecule has 0 fully saturated rings. The van der Waals surface area contributed by atoms with Crippen molar-refractivity contribution in [3.05, 3.63) is 51.7 Å². The highest BCUT2D eigenvalue weighted by molar-refractivity contribution is 7.14. The van der Waals surface area contributed by atoms with Crippen LogP contribution in [0.2, 0.25) is 0 Å². The number of rotatable bonds is 6. The summed E-state index contributed by atoms with van der Waals surface area (Å²) in [5.74, 6) is -0.893. The third-order valence-corrected chi connectivity index (χ3v) is 4.09. The van der Waals surface area contributed by atoms with Gasteiger partial charge in [-0.05, 0) is 35.9 Å². The lowest BCUT2D eigenvalue weighted by molar-refractivity contribution is 0.0702. The third-order valence-electron chi connectivity index (χ3n) is 3.05. The van der Waals surface area contributed by atoms with Crippen LogP contribution < -0.4 is 4.90 Å². The molecule has 0 bridgehead atoms. The number of aliphatic hydroxyl groups is 1. The number of carboxylic acids is 1. The van der Waals surface area contributed by atoms with Crippen LogP contribution in [0.25, 0.3) is 12.2 Å². The molecule has 2 N–H and O–H groups in total. The van der Waals surface area contributed by atoms with Gasteiger partial charge in [-0.25, -0.2) is 4.79 Å². The van der Waals surface area contributed by atoms with Crippen molar-refractivity contribution in [1.82, 2.24) is 0 Å². The molecule has 0 saturated heterocycles. The van der Waals surface area contributed by atoms with Crippen LogP contribution in [-0.4, -0.2) is 36.4 Å². The molecule has 1 aromatic carbocycles. The molecule has 0 atom stereocenters. The molecule has 0 radical (unpaired) electrons. The largest absolute Gasteiger partial charge is 0.477 e. The number of carboxylic acid groups (broad SMARTS) is 1. The highest BCUT2D eigenvalue weighted by Gasteiger charge is 2.04. The van der Waals surface area contributed by atoms with Gasteiger partial charge in [-0.2, -0.15) is 0 Å². The van der Waals surface area contributed by atoms with E-state index in [4.69, 9.17) is 10.2 Å². The van der Waals surface area contributed by atoms with E-state index in [-0.39, 0.29) is 6.61 Å². The van der Waals surface area contributed by atoms with E-state index in [0.29, 0.717) is 11.4 Å². The van der Waals surface area contributed by atoms with Crippen molar-refractivity contribution in [3.8, 4) is 0 Å². The molecule has 1 heterocycles. The van der Waals surface area contributed by atoms with Crippen LogP contribution in [0, 0.1) is 0 Å². The summed E-state index contributed by atoms with van der Waals surface area (Å²) < 4.78 is 0. The van der Waals surface area contributed by atoms with Gasteiger partial charge >= 0.3 is 5.97 Å². The molecule has 2 rings (SSSR count). The van der Waals surface area contributed by atoms with Crippen molar-refractivity contribution >= 4 is 35.1 Å². The average Bonchev–Trinajstić information content (AvgIpc) is 2.95. The van der Waals surface area contributed by atoms with Gasteiger partial charge in [0.25, 0.3) is 0 Å². The van der Waals surface area contributed by atoms with Crippen LogP contribution in [0.4, 0.5) is 5.69 Å². The Balaban J connectivity index is 2.05. The molecule has 0 aliphatic carbocycles. The monoisotopic (exact) mass is 303 g/mol. The number of aromatic carboxylic acids is 1. The molecule has 0 aliphatic rings. The molecular formula is C16H17NO3S. The van der Waals surface area contributed by atoms with E-state index in [2.05, 4.69) is 0 Å². The molecule has 5 heteroatoms. The Hall–Kier alpha value is -2.11. The van der Waals surface area contributed by atoms with Crippen molar-refractivity contribution < 1.29 is 15.0 Å². The van der Waals surface area contributed by atoms with Crippen LogP contribution in [0.1, 0.15) is 20.1 Å². The predicted octanol–water partition coefficient (Wildman–Crippen LogP) is 3.05. The number of nitrogens with zero attached hydrogens (tertiary/aromatic N) is 1. The summed E-state index contributed by atoms with van der Waals surface area (Å²) in [6.45, 7) is 0.727. The molecule has 0 unspecified atom stereocenters. The van der Waals surface area contributed by atoms with Crippen molar-refractivity contribution in [2.24, 2.45) is 0 Å². The van der Waals surface area contributed by atoms with Crippen molar-refractivity contribution in [3.63, 3.8) is 0 Å². The second-order valence-electron chi connectivity index (χ2n) is 4.58. The fourth-order valence-corrected chi connectivity index (χ4v) is 2.60. The predicted molar refractivity (Wildman–Crippen MR) is 87.0 cm³/mol. The molecule has 0 saturated carbocycles. The lowest BCUT2D eigenvalue weighted by Gasteiger charge is -2.17. The van der Waals surface area contributed by atoms with Gasteiger partial charge in [0.05, 0.1) is 6.61 Å². The Kier molecular flexibility index (Phi) is 5.14. The Bertz CT molecular complexity index is 631. The van der Waals surface area contributed by atoms with E-state index in [1.165, 1.54) is 11.3 Å². The number of benzene rings is 1. The van der Waals surface area contributed by atoms with Gasteiger partial charge < -0.3 is 15.1 Å². The summed E-state index contributed by atoms with van der Waals surface area (Å²) in [6.07, 6.45) is 3.86. The Labute approximate surface area is 127 Å². The number of aliphatic hydroxyl groups excluding tert-OH is 1. The molecule has 2 aromatic rings. The van der Waals surface area contributed by atoms with E-state index in [1.807, 2.05) is 48.4 Å². The zero-order valence-electron chi connectivity index (χ0n) is 11.7. The minimum absolute atomic E-state index is 0.127. The van der Waals surface area contributed by atoms with E-state index < -0.39 is 5.97 Å². The first-order valence-corrected chi connectivity index (χ1v) is 7.35. The van der Waals surface area contributed by atoms with Crippen LogP contribution in [0.3, 0.4) is 0 Å². The van der Waals surface area contributed by atoms with Gasteiger partial charge in [0.15, 0.2) is 0 Å². The fraction of sp³-hybridized carbons (Fsp3) is 0.188. The zero-order valence-corrected chi connectivity index (χ0v) is 12.5. The fourth-order valence-electron chi connectivity index (χ4n) is 1.85. The topological polar surface area (TPSA) is 60.8 Å². The zero-order chi connectivity index (χ0) is 15.2. The molecular weight excluding hydrogens is 286 g/mol. The Morgan fingerprint density at radius 2 is 1.90 bits per heavy atom. The normalized spacial score (nSPS) is 11.0. The second kappa shape index (κ2) is 7.06. The first kappa shape index (κ1) is 15.3. The quantitative estimate of drug-likeness (QED) is 0.861. The number of anilines is 1. The molecule has 0 spiro atoms. The summed E-state index contributed by atoms with van der Waals surface area (Å²) in [5.41, 5.74) is 2.09. The number of hydrogen-bond acceptors (Lipinski definition) is 4. The minimum Gasteiger partial charge on any atom is -0.477 e. The van der Waals surface area contributed by atoms with E-state index in [1.54, 1.807) is 12.1 Å². The summed E-state index contributed by atoms with van der Waals surface area (Å²) in [7, 11) is 1.93. The van der Waals surface area contributed by atoms with Gasteiger partial charge in [0, 0.05) is 24.2 Å². The Morgan fingerprint density at radius 3 is 2.48 bits per heavy atom. The second-order valence-corrected chi connectivity index (χ2v) is 5.69. The smallest absolute Gasteiger partial charge is 0.345 e. The highest BCUT2D eigenvalue weighted by Crippen LogP contribution is 2.20. The van der Waals surface area contributed by atoms with E-state index in [0.717, 1.165) is 16.1 Å². The average molecular weight is 303 g/mol. The third kappa shape index (κ3) is 4.18. The minimum atomic E-state index is -0.893. The number of thiophene rings is 1.